The molecule has 2 saturated carbocycles. The average molecular weight is 427 g/mol. The predicted molar refractivity (Wildman–Crippen MR) is 115 cm³/mol. The van der Waals surface area contributed by atoms with Gasteiger partial charge < -0.3 is 15.5 Å². The molecule has 2 N–H and O–H groups in total. The van der Waals surface area contributed by atoms with Crippen LogP contribution < -0.4 is 10.6 Å². The Balaban J connectivity index is 1.34. The maximum Gasteiger partial charge on any atom is 0.327 e. The van der Waals surface area contributed by atoms with E-state index in [4.69, 9.17) is 0 Å². The quantitative estimate of drug-likeness (QED) is 0.684. The average Bonchev–Trinajstić information content (AvgIpc) is 3.60. The van der Waals surface area contributed by atoms with Crippen molar-refractivity contribution in [2.24, 2.45) is 5.92 Å². The van der Waals surface area contributed by atoms with Crippen molar-refractivity contribution in [1.29, 1.82) is 0 Å². The molecule has 3 fully saturated rings. The molecule has 5 amide bonds. The van der Waals surface area contributed by atoms with Crippen LogP contribution in [0.4, 0.5) is 10.5 Å². The molecule has 8 heteroatoms. The summed E-state index contributed by atoms with van der Waals surface area (Å²) < 4.78 is 0. The molecule has 31 heavy (non-hydrogen) atoms. The van der Waals surface area contributed by atoms with Gasteiger partial charge in [-0.15, -0.1) is 0 Å². The van der Waals surface area contributed by atoms with E-state index in [1.165, 1.54) is 4.90 Å². The number of amides is 5. The zero-order chi connectivity index (χ0) is 22.2. The molecule has 166 valence electrons. The molecular weight excluding hydrogens is 396 g/mol. The van der Waals surface area contributed by atoms with Gasteiger partial charge in [-0.05, 0) is 50.3 Å². The Labute approximate surface area is 182 Å². The molecule has 8 nitrogen and oxygen atoms in total. The molecule has 1 spiro atoms. The van der Waals surface area contributed by atoms with E-state index >= 15 is 0 Å². The Morgan fingerprint density at radius 2 is 1.74 bits per heavy atom. The van der Waals surface area contributed by atoms with Crippen LogP contribution in [-0.2, 0) is 14.4 Å². The summed E-state index contributed by atoms with van der Waals surface area (Å²) in [5.74, 6) is -0.435. The molecule has 3 aliphatic rings. The molecule has 1 heterocycles. The zero-order valence-corrected chi connectivity index (χ0v) is 18.1. The van der Waals surface area contributed by atoms with Gasteiger partial charge in [-0.1, -0.05) is 31.4 Å². The van der Waals surface area contributed by atoms with Crippen molar-refractivity contribution < 1.29 is 19.2 Å². The summed E-state index contributed by atoms with van der Waals surface area (Å²) in [6, 6.07) is 6.64. The van der Waals surface area contributed by atoms with Gasteiger partial charge in [0.1, 0.15) is 12.1 Å². The minimum atomic E-state index is -0.776. The van der Waals surface area contributed by atoms with Crippen LogP contribution >= 0.6 is 0 Å². The SMILES string of the molecule is CC(NC(=O)CN1C(=O)N(C)C2(CCCCC2)C1=O)c1ccc(NC(=O)C2CC2)cc1. The van der Waals surface area contributed by atoms with Crippen LogP contribution in [0.15, 0.2) is 24.3 Å². The number of nitrogens with zero attached hydrogens (tertiary/aromatic N) is 2. The zero-order valence-electron chi connectivity index (χ0n) is 18.1. The van der Waals surface area contributed by atoms with Crippen molar-refractivity contribution >= 4 is 29.4 Å². The molecular formula is C23H30N4O4. The van der Waals surface area contributed by atoms with Gasteiger partial charge in [-0.2, -0.15) is 0 Å². The second kappa shape index (κ2) is 8.32. The summed E-state index contributed by atoms with van der Waals surface area (Å²) >= 11 is 0. The first-order chi connectivity index (χ1) is 14.8. The maximum atomic E-state index is 13.0. The van der Waals surface area contributed by atoms with Crippen LogP contribution in [0.3, 0.4) is 0 Å². The van der Waals surface area contributed by atoms with Gasteiger partial charge in [0.15, 0.2) is 0 Å². The molecule has 4 rings (SSSR count). The normalized spacial score (nSPS) is 21.4. The molecule has 1 aromatic rings. The van der Waals surface area contributed by atoms with Crippen LogP contribution in [0, 0.1) is 5.92 Å². The number of imide groups is 1. The highest BCUT2D eigenvalue weighted by Crippen LogP contribution is 2.39. The Hall–Kier alpha value is -2.90. The van der Waals surface area contributed by atoms with Gasteiger partial charge in [0.05, 0.1) is 6.04 Å². The second-order valence-corrected chi connectivity index (χ2v) is 9.00. The summed E-state index contributed by atoms with van der Waals surface area (Å²) in [7, 11) is 1.66. The Bertz CT molecular complexity index is 887. The van der Waals surface area contributed by atoms with E-state index in [1.54, 1.807) is 7.05 Å². The Kier molecular flexibility index (Phi) is 5.73. The predicted octanol–water partition coefficient (Wildman–Crippen LogP) is 2.81. The summed E-state index contributed by atoms with van der Waals surface area (Å²) in [4.78, 5) is 52.8. The van der Waals surface area contributed by atoms with Gasteiger partial charge in [-0.25, -0.2) is 4.79 Å². The molecule has 1 atom stereocenters. The lowest BCUT2D eigenvalue weighted by Gasteiger charge is -2.35. The van der Waals surface area contributed by atoms with Crippen molar-refractivity contribution in [3.05, 3.63) is 29.8 Å². The van der Waals surface area contributed by atoms with Crippen molar-refractivity contribution in [3.63, 3.8) is 0 Å². The van der Waals surface area contributed by atoms with Crippen molar-refractivity contribution in [2.45, 2.75) is 63.5 Å². The third kappa shape index (κ3) is 4.16. The number of rotatable bonds is 6. The van der Waals surface area contributed by atoms with Crippen molar-refractivity contribution in [1.82, 2.24) is 15.1 Å². The summed E-state index contributed by atoms with van der Waals surface area (Å²) in [5, 5.41) is 5.76. The first-order valence-electron chi connectivity index (χ1n) is 11.1. The first-order valence-corrected chi connectivity index (χ1v) is 11.1. The summed E-state index contributed by atoms with van der Waals surface area (Å²) in [6.07, 6.45) is 6.11. The highest BCUT2D eigenvalue weighted by atomic mass is 16.2. The maximum absolute atomic E-state index is 13.0. The van der Waals surface area contributed by atoms with E-state index in [-0.39, 0.29) is 36.2 Å². The third-order valence-corrected chi connectivity index (χ3v) is 6.79. The van der Waals surface area contributed by atoms with E-state index in [0.29, 0.717) is 12.8 Å². The molecule has 2 aliphatic carbocycles. The highest BCUT2D eigenvalue weighted by Gasteiger charge is 2.55. The standard InChI is InChI=1S/C23H30N4O4/c1-15(16-8-10-18(11-9-16)25-20(29)17-6-7-17)24-19(28)14-27-21(30)23(26(2)22(27)31)12-4-3-5-13-23/h8-11,15,17H,3-7,12-14H2,1-2H3,(H,24,28)(H,25,29). The van der Waals surface area contributed by atoms with Crippen LogP contribution in [0.1, 0.15) is 63.5 Å². The topological polar surface area (TPSA) is 98.8 Å². The Morgan fingerprint density at radius 1 is 1.10 bits per heavy atom. The molecule has 1 aliphatic heterocycles. The van der Waals surface area contributed by atoms with Gasteiger partial charge in [0.25, 0.3) is 5.91 Å². The molecule has 0 radical (unpaired) electrons. The smallest absolute Gasteiger partial charge is 0.327 e. The number of likely N-dealkylation sites (N-methyl/N-ethyl adjacent to an activating group) is 1. The fourth-order valence-corrected chi connectivity index (χ4v) is 4.63. The summed E-state index contributed by atoms with van der Waals surface area (Å²) in [6.45, 7) is 1.57. The second-order valence-electron chi connectivity index (χ2n) is 9.00. The minimum absolute atomic E-state index is 0.0507. The Morgan fingerprint density at radius 3 is 2.35 bits per heavy atom. The van der Waals surface area contributed by atoms with Crippen molar-refractivity contribution in [2.75, 3.05) is 18.9 Å². The fourth-order valence-electron chi connectivity index (χ4n) is 4.63. The van der Waals surface area contributed by atoms with E-state index in [0.717, 1.165) is 48.3 Å². The van der Waals surface area contributed by atoms with E-state index in [1.807, 2.05) is 31.2 Å². The van der Waals surface area contributed by atoms with Gasteiger partial charge in [0.2, 0.25) is 11.8 Å². The highest BCUT2D eigenvalue weighted by molar-refractivity contribution is 6.09. The minimum Gasteiger partial charge on any atom is -0.348 e. The summed E-state index contributed by atoms with van der Waals surface area (Å²) in [5.41, 5.74) is 0.827. The fraction of sp³-hybridized carbons (Fsp3) is 0.565. The van der Waals surface area contributed by atoms with E-state index in [2.05, 4.69) is 10.6 Å². The number of carbonyl (C=O) groups is 4. The number of anilines is 1. The number of hydrogen-bond donors (Lipinski definition) is 2. The van der Waals surface area contributed by atoms with Crippen LogP contribution in [0.25, 0.3) is 0 Å². The van der Waals surface area contributed by atoms with Crippen LogP contribution in [0.2, 0.25) is 0 Å². The number of nitrogens with one attached hydrogen (secondary N) is 2. The first kappa shape index (κ1) is 21.3. The van der Waals surface area contributed by atoms with Crippen LogP contribution in [-0.4, -0.2) is 52.7 Å². The van der Waals surface area contributed by atoms with Gasteiger partial charge in [0, 0.05) is 18.7 Å². The molecule has 0 bridgehead atoms. The molecule has 0 aromatic heterocycles. The molecule has 1 unspecified atom stereocenters. The number of carbonyl (C=O) groups excluding carboxylic acids is 4. The monoisotopic (exact) mass is 426 g/mol. The molecule has 1 aromatic carbocycles. The van der Waals surface area contributed by atoms with Gasteiger partial charge >= 0.3 is 6.03 Å². The lowest BCUT2D eigenvalue weighted by atomic mass is 9.81. The lowest BCUT2D eigenvalue weighted by molar-refractivity contribution is -0.137. The molecule has 1 saturated heterocycles. The van der Waals surface area contributed by atoms with Gasteiger partial charge in [-0.3, -0.25) is 19.3 Å². The number of urea groups is 1. The van der Waals surface area contributed by atoms with E-state index in [9.17, 15) is 19.2 Å². The third-order valence-electron chi connectivity index (χ3n) is 6.79. The van der Waals surface area contributed by atoms with Crippen LogP contribution in [0.5, 0.6) is 0 Å². The van der Waals surface area contributed by atoms with E-state index < -0.39 is 11.6 Å². The van der Waals surface area contributed by atoms with Crippen molar-refractivity contribution in [3.8, 4) is 0 Å². The lowest BCUT2D eigenvalue weighted by Crippen LogP contribution is -2.49. The largest absolute Gasteiger partial charge is 0.348 e. The number of benzene rings is 1. The number of hydrogen-bond acceptors (Lipinski definition) is 4.